The van der Waals surface area contributed by atoms with E-state index in [-0.39, 0.29) is 17.3 Å². The van der Waals surface area contributed by atoms with E-state index in [1.165, 1.54) is 17.3 Å². The fourth-order valence-electron chi connectivity index (χ4n) is 3.87. The molecule has 5 nitrogen and oxygen atoms in total. The van der Waals surface area contributed by atoms with Crippen molar-refractivity contribution in [3.05, 3.63) is 68.4 Å². The number of anilines is 1. The summed E-state index contributed by atoms with van der Waals surface area (Å²) in [5.41, 5.74) is 1.61. The first-order chi connectivity index (χ1) is 15.0. The monoisotopic (exact) mass is 484 g/mol. The van der Waals surface area contributed by atoms with Crippen LogP contribution in [0.15, 0.2) is 50.8 Å². The van der Waals surface area contributed by atoms with Gasteiger partial charge in [0.25, 0.3) is 5.56 Å². The van der Waals surface area contributed by atoms with Crippen LogP contribution in [0.5, 0.6) is 0 Å². The van der Waals surface area contributed by atoms with Gasteiger partial charge in [-0.2, -0.15) is 9.78 Å². The maximum absolute atomic E-state index is 14.8. The van der Waals surface area contributed by atoms with Crippen LogP contribution >= 0.6 is 15.9 Å². The zero-order valence-electron chi connectivity index (χ0n) is 17.8. The minimum atomic E-state index is -0.346. The zero-order valence-corrected chi connectivity index (χ0v) is 19.4. The lowest BCUT2D eigenvalue weighted by Crippen LogP contribution is -2.29. The molecule has 4 rings (SSSR count). The van der Waals surface area contributed by atoms with Gasteiger partial charge in [0.05, 0.1) is 17.1 Å². The smallest absolute Gasteiger partial charge is 0.282 e. The van der Waals surface area contributed by atoms with Crippen molar-refractivity contribution in [3.63, 3.8) is 0 Å². The molecule has 1 atom stereocenters. The number of hydrogen-bond donors (Lipinski definition) is 0. The Morgan fingerprint density at radius 1 is 1.19 bits per heavy atom. The summed E-state index contributed by atoms with van der Waals surface area (Å²) in [7, 11) is 0. The van der Waals surface area contributed by atoms with Crippen molar-refractivity contribution in [2.75, 3.05) is 18.0 Å². The summed E-state index contributed by atoms with van der Waals surface area (Å²) < 4.78 is 16.9. The molecule has 0 radical (unpaired) electrons. The number of halogens is 2. The Labute approximate surface area is 189 Å². The lowest BCUT2D eigenvalue weighted by molar-refractivity contribution is 0.574. The highest BCUT2D eigenvalue weighted by Crippen LogP contribution is 2.23. The summed E-state index contributed by atoms with van der Waals surface area (Å²) >= 11 is 3.41. The van der Waals surface area contributed by atoms with Gasteiger partial charge in [0, 0.05) is 34.7 Å². The van der Waals surface area contributed by atoms with Gasteiger partial charge in [-0.05, 0) is 62.1 Å². The number of fused-ring (bicyclic) bond motifs is 1. The first kappa shape index (κ1) is 21.7. The molecule has 1 saturated heterocycles. The van der Waals surface area contributed by atoms with Crippen LogP contribution in [0.1, 0.15) is 56.8 Å². The van der Waals surface area contributed by atoms with Crippen molar-refractivity contribution < 1.29 is 4.39 Å². The lowest BCUT2D eigenvalue weighted by Gasteiger charge is -2.28. The third kappa shape index (κ3) is 4.56. The van der Waals surface area contributed by atoms with E-state index in [2.05, 4.69) is 30.9 Å². The minimum absolute atomic E-state index is 0.0317. The maximum atomic E-state index is 14.8. The molecule has 0 spiro atoms. The van der Waals surface area contributed by atoms with Gasteiger partial charge in [-0.1, -0.05) is 29.8 Å². The van der Waals surface area contributed by atoms with E-state index < -0.39 is 0 Å². The molecule has 0 saturated carbocycles. The molecule has 7 heteroatoms. The Hall–Kier alpha value is -2.54. The largest absolute Gasteiger partial charge is 0.371 e. The van der Waals surface area contributed by atoms with E-state index in [0.29, 0.717) is 22.3 Å². The van der Waals surface area contributed by atoms with Crippen molar-refractivity contribution >= 4 is 38.7 Å². The molecule has 0 bridgehead atoms. The standard InChI is InChI=1S/C24H26BrFN4O/c1-3-16(2)23-28-22-10-8-18(25)13-20(22)24(31)30(23)27-15-17-7-9-19(14-21(17)26)29-11-5-4-6-12-29/h7-10,13-16H,3-6,11-12H2,1-2H3/t16-/m0/s1. The Morgan fingerprint density at radius 3 is 2.68 bits per heavy atom. The molecule has 162 valence electrons. The number of rotatable bonds is 5. The van der Waals surface area contributed by atoms with Crippen LogP contribution in [0.2, 0.25) is 0 Å². The third-order valence-electron chi connectivity index (χ3n) is 5.90. The van der Waals surface area contributed by atoms with Crippen LogP contribution in [-0.4, -0.2) is 29.0 Å². The summed E-state index contributed by atoms with van der Waals surface area (Å²) in [6.07, 6.45) is 5.72. The van der Waals surface area contributed by atoms with E-state index >= 15 is 0 Å². The Balaban J connectivity index is 1.73. The minimum Gasteiger partial charge on any atom is -0.371 e. The second kappa shape index (κ2) is 9.30. The molecule has 1 fully saturated rings. The van der Waals surface area contributed by atoms with Gasteiger partial charge in [0.2, 0.25) is 0 Å². The summed E-state index contributed by atoms with van der Waals surface area (Å²) in [6.45, 7) is 5.96. The van der Waals surface area contributed by atoms with Crippen LogP contribution in [-0.2, 0) is 0 Å². The van der Waals surface area contributed by atoms with E-state index in [0.717, 1.165) is 42.5 Å². The van der Waals surface area contributed by atoms with Crippen molar-refractivity contribution in [2.45, 2.75) is 45.4 Å². The molecule has 0 unspecified atom stereocenters. The second-order valence-corrected chi connectivity index (χ2v) is 8.97. The quantitative estimate of drug-likeness (QED) is 0.437. The van der Waals surface area contributed by atoms with Gasteiger partial charge >= 0.3 is 0 Å². The molecule has 1 aliphatic rings. The Bertz CT molecular complexity index is 1180. The molecule has 0 aliphatic carbocycles. The summed E-state index contributed by atoms with van der Waals surface area (Å²) in [5.74, 6) is 0.259. The summed E-state index contributed by atoms with van der Waals surface area (Å²) in [4.78, 5) is 20.1. The first-order valence-electron chi connectivity index (χ1n) is 10.8. The SMILES string of the molecule is CC[C@H](C)c1nc2ccc(Br)cc2c(=O)n1N=Cc1ccc(N2CCCCC2)cc1F. The number of piperidine rings is 1. The molecule has 1 aromatic heterocycles. The summed E-state index contributed by atoms with van der Waals surface area (Å²) in [5, 5.41) is 4.85. The molecule has 31 heavy (non-hydrogen) atoms. The van der Waals surface area contributed by atoms with E-state index in [1.807, 2.05) is 32.0 Å². The number of benzene rings is 2. The van der Waals surface area contributed by atoms with Crippen LogP contribution in [0.25, 0.3) is 10.9 Å². The summed E-state index contributed by atoms with van der Waals surface area (Å²) in [6, 6.07) is 10.6. The fourth-order valence-corrected chi connectivity index (χ4v) is 4.23. The predicted molar refractivity (Wildman–Crippen MR) is 128 cm³/mol. The zero-order chi connectivity index (χ0) is 22.0. The van der Waals surface area contributed by atoms with Gasteiger partial charge in [0.1, 0.15) is 11.6 Å². The van der Waals surface area contributed by atoms with Crippen molar-refractivity contribution in [3.8, 4) is 0 Å². The molecule has 0 amide bonds. The molecule has 2 heterocycles. The van der Waals surface area contributed by atoms with Crippen molar-refractivity contribution in [1.29, 1.82) is 0 Å². The number of aromatic nitrogens is 2. The van der Waals surface area contributed by atoms with Crippen LogP contribution in [0, 0.1) is 5.82 Å². The van der Waals surface area contributed by atoms with Gasteiger partial charge in [0.15, 0.2) is 0 Å². The Kier molecular flexibility index (Phi) is 6.51. The van der Waals surface area contributed by atoms with E-state index in [9.17, 15) is 9.18 Å². The predicted octanol–water partition coefficient (Wildman–Crippen LogP) is 5.68. The normalized spacial score (nSPS) is 15.7. The van der Waals surface area contributed by atoms with Crippen molar-refractivity contribution in [2.24, 2.45) is 5.10 Å². The lowest BCUT2D eigenvalue weighted by atomic mass is 10.1. The number of nitrogens with zero attached hydrogens (tertiary/aromatic N) is 4. The van der Waals surface area contributed by atoms with E-state index in [4.69, 9.17) is 0 Å². The highest BCUT2D eigenvalue weighted by molar-refractivity contribution is 9.10. The molecular formula is C24H26BrFN4O. The third-order valence-corrected chi connectivity index (χ3v) is 6.40. The fraction of sp³-hybridized carbons (Fsp3) is 0.375. The first-order valence-corrected chi connectivity index (χ1v) is 11.6. The van der Waals surface area contributed by atoms with Gasteiger partial charge in [-0.15, -0.1) is 0 Å². The second-order valence-electron chi connectivity index (χ2n) is 8.06. The van der Waals surface area contributed by atoms with Crippen LogP contribution < -0.4 is 10.5 Å². The van der Waals surface area contributed by atoms with Crippen LogP contribution in [0.3, 0.4) is 0 Å². The number of hydrogen-bond acceptors (Lipinski definition) is 4. The topological polar surface area (TPSA) is 50.5 Å². The maximum Gasteiger partial charge on any atom is 0.282 e. The Morgan fingerprint density at radius 2 is 1.97 bits per heavy atom. The average Bonchev–Trinajstić information content (AvgIpc) is 2.79. The molecule has 2 aromatic carbocycles. The van der Waals surface area contributed by atoms with Gasteiger partial charge in [-0.25, -0.2) is 9.37 Å². The average molecular weight is 485 g/mol. The molecular weight excluding hydrogens is 459 g/mol. The highest BCUT2D eigenvalue weighted by atomic mass is 79.9. The molecule has 3 aromatic rings. The van der Waals surface area contributed by atoms with Crippen molar-refractivity contribution in [1.82, 2.24) is 9.66 Å². The highest BCUT2D eigenvalue weighted by Gasteiger charge is 2.16. The van der Waals surface area contributed by atoms with Crippen LogP contribution in [0.4, 0.5) is 10.1 Å². The molecule has 0 N–H and O–H groups in total. The van der Waals surface area contributed by atoms with E-state index in [1.54, 1.807) is 18.2 Å². The molecule has 1 aliphatic heterocycles. The van der Waals surface area contributed by atoms with Gasteiger partial charge < -0.3 is 4.90 Å². The van der Waals surface area contributed by atoms with Gasteiger partial charge in [-0.3, -0.25) is 4.79 Å².